The molecular weight excluding hydrogens is 487 g/mol. The van der Waals surface area contributed by atoms with Crippen molar-refractivity contribution in [2.75, 3.05) is 12.4 Å². The zero-order valence-corrected chi connectivity index (χ0v) is 19.5. The van der Waals surface area contributed by atoms with Gasteiger partial charge in [-0.1, -0.05) is 55.8 Å². The number of nitrogens with zero attached hydrogens (tertiary/aromatic N) is 1. The molecule has 0 heterocycles. The average Bonchev–Trinajstić information content (AvgIpc) is 2.69. The van der Waals surface area contributed by atoms with Crippen molar-refractivity contribution in [3.8, 4) is 0 Å². The van der Waals surface area contributed by atoms with Crippen LogP contribution in [0.2, 0.25) is 5.02 Å². The molecule has 0 saturated carbocycles. The fraction of sp³-hybridized carbons (Fsp3) is 0.333. The molecule has 0 bridgehead atoms. The summed E-state index contributed by atoms with van der Waals surface area (Å²) in [4.78, 5) is 16.3. The lowest BCUT2D eigenvalue weighted by atomic mass is 10.1. The molecule has 0 aromatic heterocycles. The van der Waals surface area contributed by atoms with Gasteiger partial charge >= 0.3 is 0 Å². The van der Waals surface area contributed by atoms with Crippen molar-refractivity contribution in [1.82, 2.24) is 10.6 Å². The Morgan fingerprint density at radius 2 is 1.82 bits per heavy atom. The van der Waals surface area contributed by atoms with E-state index in [9.17, 15) is 4.79 Å². The molecule has 0 spiro atoms. The van der Waals surface area contributed by atoms with Gasteiger partial charge in [-0.05, 0) is 35.7 Å². The first-order chi connectivity index (χ1) is 13.0. The van der Waals surface area contributed by atoms with E-state index in [0.29, 0.717) is 19.0 Å². The number of carbonyl (C=O) groups is 1. The number of hydrogen-bond donors (Lipinski definition) is 3. The number of rotatable bonds is 7. The number of hydrogen-bond acceptors (Lipinski definition) is 2. The third-order valence-corrected chi connectivity index (χ3v) is 4.71. The zero-order valence-electron chi connectivity index (χ0n) is 16.5. The number of halogens is 2. The second-order valence-corrected chi connectivity index (χ2v) is 6.78. The molecule has 0 saturated heterocycles. The summed E-state index contributed by atoms with van der Waals surface area (Å²) in [6.45, 7) is 5.11. The molecule has 1 unspecified atom stereocenters. The number of nitrogens with one attached hydrogen (secondary N) is 3. The Morgan fingerprint density at radius 1 is 1.11 bits per heavy atom. The third kappa shape index (κ3) is 7.67. The minimum atomic E-state index is -0.000353. The standard InChI is InChI=1S/C21H27ClN4O.HI/c1-4-15(2)20(27)26-18-10-7-8-16(12-18)13-24-21(23-3)25-14-17-9-5-6-11-19(17)22;/h5-12,15H,4,13-14H2,1-3H3,(H,26,27)(H2,23,24,25);1H. The highest BCUT2D eigenvalue weighted by Gasteiger charge is 2.10. The van der Waals surface area contributed by atoms with Crippen LogP contribution in [0.15, 0.2) is 53.5 Å². The molecule has 28 heavy (non-hydrogen) atoms. The van der Waals surface area contributed by atoms with Gasteiger partial charge in [-0.15, -0.1) is 24.0 Å². The van der Waals surface area contributed by atoms with Gasteiger partial charge in [0.1, 0.15) is 0 Å². The van der Waals surface area contributed by atoms with E-state index in [2.05, 4.69) is 20.9 Å². The van der Waals surface area contributed by atoms with Gasteiger partial charge in [0, 0.05) is 36.8 Å². The molecule has 2 aromatic carbocycles. The Morgan fingerprint density at radius 3 is 2.50 bits per heavy atom. The van der Waals surface area contributed by atoms with Crippen molar-refractivity contribution in [3.05, 3.63) is 64.7 Å². The summed E-state index contributed by atoms with van der Waals surface area (Å²) in [7, 11) is 1.73. The molecule has 0 fully saturated rings. The molecule has 0 radical (unpaired) electrons. The number of anilines is 1. The van der Waals surface area contributed by atoms with Crippen LogP contribution in [0, 0.1) is 5.92 Å². The first kappa shape index (κ1) is 24.2. The predicted molar refractivity (Wildman–Crippen MR) is 128 cm³/mol. The number of carbonyl (C=O) groups excluding carboxylic acids is 1. The van der Waals surface area contributed by atoms with E-state index in [4.69, 9.17) is 11.6 Å². The smallest absolute Gasteiger partial charge is 0.227 e. The first-order valence-electron chi connectivity index (χ1n) is 9.11. The molecule has 2 rings (SSSR count). The van der Waals surface area contributed by atoms with Gasteiger partial charge in [0.05, 0.1) is 0 Å². The molecule has 0 aliphatic carbocycles. The molecule has 0 aliphatic heterocycles. The lowest BCUT2D eigenvalue weighted by Crippen LogP contribution is -2.36. The van der Waals surface area contributed by atoms with Crippen LogP contribution in [0.1, 0.15) is 31.4 Å². The van der Waals surface area contributed by atoms with Crippen molar-refractivity contribution in [2.24, 2.45) is 10.9 Å². The van der Waals surface area contributed by atoms with Crippen LogP contribution in [0.4, 0.5) is 5.69 Å². The molecule has 0 aliphatic rings. The largest absolute Gasteiger partial charge is 0.352 e. The first-order valence-corrected chi connectivity index (χ1v) is 9.49. The van der Waals surface area contributed by atoms with Crippen molar-refractivity contribution in [3.63, 3.8) is 0 Å². The summed E-state index contributed by atoms with van der Waals surface area (Å²) in [5.41, 5.74) is 2.87. The predicted octanol–water partition coefficient (Wildman–Crippen LogP) is 4.81. The van der Waals surface area contributed by atoms with Crippen molar-refractivity contribution in [1.29, 1.82) is 0 Å². The molecule has 3 N–H and O–H groups in total. The van der Waals surface area contributed by atoms with Crippen LogP contribution >= 0.6 is 35.6 Å². The topological polar surface area (TPSA) is 65.5 Å². The summed E-state index contributed by atoms with van der Waals surface area (Å²) in [5, 5.41) is 10.2. The molecule has 152 valence electrons. The Kier molecular flexibility index (Phi) is 10.9. The molecule has 5 nitrogen and oxygen atoms in total. The van der Waals surface area contributed by atoms with E-state index >= 15 is 0 Å². The van der Waals surface area contributed by atoms with Crippen molar-refractivity contribution in [2.45, 2.75) is 33.4 Å². The summed E-state index contributed by atoms with van der Waals surface area (Å²) in [5.74, 6) is 0.725. The third-order valence-electron chi connectivity index (χ3n) is 4.34. The van der Waals surface area contributed by atoms with E-state index < -0.39 is 0 Å². The van der Waals surface area contributed by atoms with Crippen LogP contribution in [0.25, 0.3) is 0 Å². The Hall–Kier alpha value is -1.80. The van der Waals surface area contributed by atoms with Gasteiger partial charge in [0.15, 0.2) is 5.96 Å². The van der Waals surface area contributed by atoms with Gasteiger partial charge in [-0.25, -0.2) is 0 Å². The highest BCUT2D eigenvalue weighted by atomic mass is 127. The minimum absolute atomic E-state index is 0. The summed E-state index contributed by atoms with van der Waals surface area (Å²) >= 11 is 6.18. The van der Waals surface area contributed by atoms with Crippen LogP contribution in [0.3, 0.4) is 0 Å². The molecular formula is C21H28ClIN4O. The van der Waals surface area contributed by atoms with E-state index in [1.807, 2.05) is 62.4 Å². The van der Waals surface area contributed by atoms with E-state index in [0.717, 1.165) is 28.3 Å². The van der Waals surface area contributed by atoms with Crippen LogP contribution in [0.5, 0.6) is 0 Å². The van der Waals surface area contributed by atoms with E-state index in [1.54, 1.807) is 7.05 Å². The summed E-state index contributed by atoms with van der Waals surface area (Å²) < 4.78 is 0. The maximum atomic E-state index is 12.0. The normalized spacial score (nSPS) is 11.9. The SMILES string of the molecule is CCC(C)C(=O)Nc1cccc(CNC(=NC)NCc2ccccc2Cl)c1.I. The minimum Gasteiger partial charge on any atom is -0.352 e. The highest BCUT2D eigenvalue weighted by molar-refractivity contribution is 14.0. The van der Waals surface area contributed by atoms with Gasteiger partial charge in [-0.2, -0.15) is 0 Å². The maximum absolute atomic E-state index is 12.0. The number of aliphatic imine (C=N–C) groups is 1. The van der Waals surface area contributed by atoms with Gasteiger partial charge in [-0.3, -0.25) is 9.79 Å². The Bertz CT molecular complexity index is 797. The second-order valence-electron chi connectivity index (χ2n) is 6.37. The van der Waals surface area contributed by atoms with Gasteiger partial charge in [0.25, 0.3) is 0 Å². The molecule has 7 heteroatoms. The number of guanidine groups is 1. The zero-order chi connectivity index (χ0) is 19.6. The van der Waals surface area contributed by atoms with Gasteiger partial charge in [0.2, 0.25) is 5.91 Å². The molecule has 2 aromatic rings. The van der Waals surface area contributed by atoms with Crippen LogP contribution < -0.4 is 16.0 Å². The van der Waals surface area contributed by atoms with E-state index in [1.165, 1.54) is 0 Å². The Balaban J connectivity index is 0.00000392. The van der Waals surface area contributed by atoms with Crippen LogP contribution in [-0.4, -0.2) is 18.9 Å². The second kappa shape index (κ2) is 12.6. The monoisotopic (exact) mass is 514 g/mol. The lowest BCUT2D eigenvalue weighted by molar-refractivity contribution is -0.119. The number of benzene rings is 2. The summed E-state index contributed by atoms with van der Waals surface area (Å²) in [6, 6.07) is 15.5. The Labute approximate surface area is 189 Å². The maximum Gasteiger partial charge on any atom is 0.227 e. The lowest BCUT2D eigenvalue weighted by Gasteiger charge is -2.14. The van der Waals surface area contributed by atoms with Crippen molar-refractivity contribution >= 4 is 53.1 Å². The highest BCUT2D eigenvalue weighted by Crippen LogP contribution is 2.15. The van der Waals surface area contributed by atoms with E-state index in [-0.39, 0.29) is 35.8 Å². The quantitative estimate of drug-likeness (QED) is 0.282. The molecule has 1 atom stereocenters. The average molecular weight is 515 g/mol. The molecule has 1 amide bonds. The fourth-order valence-corrected chi connectivity index (χ4v) is 2.64. The van der Waals surface area contributed by atoms with Crippen LogP contribution in [-0.2, 0) is 17.9 Å². The van der Waals surface area contributed by atoms with Gasteiger partial charge < -0.3 is 16.0 Å². The fourth-order valence-electron chi connectivity index (χ4n) is 2.44. The number of amides is 1. The summed E-state index contributed by atoms with van der Waals surface area (Å²) in [6.07, 6.45) is 0.820. The van der Waals surface area contributed by atoms with Crippen molar-refractivity contribution < 1.29 is 4.79 Å².